The fraction of sp³-hybridized carbons (Fsp3) is 0.647. The zero-order chi connectivity index (χ0) is 13.5. The minimum Gasteiger partial charge on any atom is -0.310 e. The Labute approximate surface area is 113 Å². The molecule has 0 aromatic heterocycles. The molecule has 0 amide bonds. The highest BCUT2D eigenvalue weighted by molar-refractivity contribution is 5.33. The first kappa shape index (κ1) is 15.2. The van der Waals surface area contributed by atoms with Crippen LogP contribution in [0.1, 0.15) is 62.8 Å². The molecule has 1 heteroatoms. The third kappa shape index (κ3) is 4.45. The summed E-state index contributed by atoms with van der Waals surface area (Å²) in [5.41, 5.74) is 4.27. The van der Waals surface area contributed by atoms with Crippen LogP contribution in [0.2, 0.25) is 0 Å². The molecule has 1 aromatic carbocycles. The molecule has 0 heterocycles. The molecule has 1 rings (SSSR count). The lowest BCUT2D eigenvalue weighted by atomic mass is 9.91. The molecule has 1 N–H and O–H groups in total. The van der Waals surface area contributed by atoms with Crippen molar-refractivity contribution in [3.63, 3.8) is 0 Å². The molecule has 0 aliphatic heterocycles. The van der Waals surface area contributed by atoms with E-state index in [1.165, 1.54) is 36.0 Å². The predicted molar refractivity (Wildman–Crippen MR) is 81.0 cm³/mol. The molecule has 0 aliphatic rings. The summed E-state index contributed by atoms with van der Waals surface area (Å²) in [5, 5.41) is 3.72. The molecule has 102 valence electrons. The van der Waals surface area contributed by atoms with Crippen molar-refractivity contribution in [1.29, 1.82) is 0 Å². The SMILES string of the molecule is CCCNC(CC(C)CC)c1cc(C)ccc1C. The van der Waals surface area contributed by atoms with E-state index < -0.39 is 0 Å². The monoisotopic (exact) mass is 247 g/mol. The van der Waals surface area contributed by atoms with E-state index in [0.29, 0.717) is 6.04 Å². The van der Waals surface area contributed by atoms with Gasteiger partial charge in [0.15, 0.2) is 0 Å². The highest BCUT2D eigenvalue weighted by atomic mass is 14.9. The molecule has 0 fully saturated rings. The topological polar surface area (TPSA) is 12.0 Å². The number of rotatable bonds is 7. The molecular weight excluding hydrogens is 218 g/mol. The lowest BCUT2D eigenvalue weighted by molar-refractivity contribution is 0.401. The molecular formula is C17H29N. The van der Waals surface area contributed by atoms with Crippen LogP contribution < -0.4 is 5.32 Å². The molecule has 1 nitrogen and oxygen atoms in total. The quantitative estimate of drug-likeness (QED) is 0.731. The fourth-order valence-corrected chi connectivity index (χ4v) is 2.34. The normalized spacial score (nSPS) is 14.5. The molecule has 0 spiro atoms. The molecule has 18 heavy (non-hydrogen) atoms. The Hall–Kier alpha value is -0.820. The number of hydrogen-bond acceptors (Lipinski definition) is 1. The summed E-state index contributed by atoms with van der Waals surface area (Å²) >= 11 is 0. The van der Waals surface area contributed by atoms with Gasteiger partial charge >= 0.3 is 0 Å². The van der Waals surface area contributed by atoms with Crippen molar-refractivity contribution in [2.75, 3.05) is 6.54 Å². The highest BCUT2D eigenvalue weighted by Gasteiger charge is 2.15. The van der Waals surface area contributed by atoms with E-state index in [4.69, 9.17) is 0 Å². The fourth-order valence-electron chi connectivity index (χ4n) is 2.34. The first-order chi connectivity index (χ1) is 8.58. The lowest BCUT2D eigenvalue weighted by Crippen LogP contribution is -2.24. The van der Waals surface area contributed by atoms with Gasteiger partial charge in [0.1, 0.15) is 0 Å². The van der Waals surface area contributed by atoms with E-state index in [2.05, 4.69) is 58.1 Å². The molecule has 2 unspecified atom stereocenters. The van der Waals surface area contributed by atoms with Gasteiger partial charge in [0, 0.05) is 6.04 Å². The second kappa shape index (κ2) is 7.58. The van der Waals surface area contributed by atoms with Gasteiger partial charge in [-0.2, -0.15) is 0 Å². The maximum atomic E-state index is 3.72. The van der Waals surface area contributed by atoms with Crippen LogP contribution in [0.3, 0.4) is 0 Å². The summed E-state index contributed by atoms with van der Waals surface area (Å²) in [6.45, 7) is 12.4. The summed E-state index contributed by atoms with van der Waals surface area (Å²) < 4.78 is 0. The summed E-state index contributed by atoms with van der Waals surface area (Å²) in [6.07, 6.45) is 3.69. The summed E-state index contributed by atoms with van der Waals surface area (Å²) in [4.78, 5) is 0. The van der Waals surface area contributed by atoms with Crippen molar-refractivity contribution in [2.45, 2.75) is 59.9 Å². The predicted octanol–water partition coefficient (Wildman–Crippen LogP) is 4.78. The third-order valence-corrected chi connectivity index (χ3v) is 3.79. The van der Waals surface area contributed by atoms with Gasteiger partial charge in [-0.3, -0.25) is 0 Å². The van der Waals surface area contributed by atoms with Crippen LogP contribution in [0.4, 0.5) is 0 Å². The molecule has 0 aliphatic carbocycles. The van der Waals surface area contributed by atoms with Crippen molar-refractivity contribution < 1.29 is 0 Å². The van der Waals surface area contributed by atoms with E-state index in [9.17, 15) is 0 Å². The standard InChI is InChI=1S/C17H29N/c1-6-10-18-17(12-13(3)7-2)16-11-14(4)8-9-15(16)5/h8-9,11,13,17-18H,6-7,10,12H2,1-5H3. The molecule has 0 bridgehead atoms. The summed E-state index contributed by atoms with van der Waals surface area (Å²) in [5.74, 6) is 0.777. The zero-order valence-corrected chi connectivity index (χ0v) is 12.7. The second-order valence-corrected chi connectivity index (χ2v) is 5.62. The first-order valence-electron chi connectivity index (χ1n) is 7.39. The zero-order valence-electron chi connectivity index (χ0n) is 12.7. The number of aryl methyl sites for hydroxylation is 2. The van der Waals surface area contributed by atoms with Crippen LogP contribution in [0, 0.1) is 19.8 Å². The van der Waals surface area contributed by atoms with Gasteiger partial charge < -0.3 is 5.32 Å². The van der Waals surface area contributed by atoms with Crippen LogP contribution in [0.15, 0.2) is 18.2 Å². The van der Waals surface area contributed by atoms with E-state index in [1.807, 2.05) is 0 Å². The lowest BCUT2D eigenvalue weighted by Gasteiger charge is -2.24. The van der Waals surface area contributed by atoms with Crippen molar-refractivity contribution >= 4 is 0 Å². The maximum absolute atomic E-state index is 3.72. The molecule has 1 aromatic rings. The van der Waals surface area contributed by atoms with Crippen molar-refractivity contribution in [3.05, 3.63) is 34.9 Å². The van der Waals surface area contributed by atoms with Crippen LogP contribution in [-0.2, 0) is 0 Å². The summed E-state index contributed by atoms with van der Waals surface area (Å²) in [6, 6.07) is 7.33. The second-order valence-electron chi connectivity index (χ2n) is 5.62. The van der Waals surface area contributed by atoms with Gasteiger partial charge in [0.05, 0.1) is 0 Å². The van der Waals surface area contributed by atoms with Crippen molar-refractivity contribution in [1.82, 2.24) is 5.32 Å². The Bertz CT molecular complexity index is 357. The first-order valence-corrected chi connectivity index (χ1v) is 7.39. The van der Waals surface area contributed by atoms with Gasteiger partial charge in [-0.15, -0.1) is 0 Å². The minimum absolute atomic E-state index is 0.514. The van der Waals surface area contributed by atoms with E-state index in [0.717, 1.165) is 12.5 Å². The Morgan fingerprint density at radius 1 is 1.17 bits per heavy atom. The Balaban J connectivity index is 2.89. The van der Waals surface area contributed by atoms with E-state index >= 15 is 0 Å². The van der Waals surface area contributed by atoms with Crippen LogP contribution in [0.5, 0.6) is 0 Å². The van der Waals surface area contributed by atoms with Gasteiger partial charge in [0.2, 0.25) is 0 Å². The number of nitrogens with one attached hydrogen (secondary N) is 1. The largest absolute Gasteiger partial charge is 0.310 e. The Kier molecular flexibility index (Phi) is 6.42. The van der Waals surface area contributed by atoms with Crippen molar-refractivity contribution in [3.8, 4) is 0 Å². The Morgan fingerprint density at radius 2 is 1.89 bits per heavy atom. The van der Waals surface area contributed by atoms with Gasteiger partial charge in [0.25, 0.3) is 0 Å². The third-order valence-electron chi connectivity index (χ3n) is 3.79. The van der Waals surface area contributed by atoms with E-state index in [-0.39, 0.29) is 0 Å². The molecule has 0 saturated carbocycles. The van der Waals surface area contributed by atoms with E-state index in [1.54, 1.807) is 0 Å². The van der Waals surface area contributed by atoms with Crippen LogP contribution in [0.25, 0.3) is 0 Å². The smallest absolute Gasteiger partial charge is 0.0325 e. The van der Waals surface area contributed by atoms with Gasteiger partial charge in [-0.1, -0.05) is 51.0 Å². The maximum Gasteiger partial charge on any atom is 0.0325 e. The van der Waals surface area contributed by atoms with Crippen molar-refractivity contribution in [2.24, 2.45) is 5.92 Å². The van der Waals surface area contributed by atoms with Crippen LogP contribution in [-0.4, -0.2) is 6.54 Å². The Morgan fingerprint density at radius 3 is 2.50 bits per heavy atom. The van der Waals surface area contributed by atoms with Gasteiger partial charge in [-0.25, -0.2) is 0 Å². The van der Waals surface area contributed by atoms with Crippen LogP contribution >= 0.6 is 0 Å². The number of benzene rings is 1. The molecule has 2 atom stereocenters. The molecule has 0 saturated heterocycles. The minimum atomic E-state index is 0.514. The number of hydrogen-bond donors (Lipinski definition) is 1. The highest BCUT2D eigenvalue weighted by Crippen LogP contribution is 2.26. The van der Waals surface area contributed by atoms with Gasteiger partial charge in [-0.05, 0) is 50.3 Å². The average molecular weight is 247 g/mol. The molecule has 0 radical (unpaired) electrons. The average Bonchev–Trinajstić information content (AvgIpc) is 2.37. The summed E-state index contributed by atoms with van der Waals surface area (Å²) in [7, 11) is 0.